The highest BCUT2D eigenvalue weighted by molar-refractivity contribution is 5.75. The van der Waals surface area contributed by atoms with Crippen LogP contribution in [0.15, 0.2) is 29.1 Å². The molecule has 0 aliphatic rings. The van der Waals surface area contributed by atoms with Crippen molar-refractivity contribution in [2.45, 2.75) is 13.3 Å². The van der Waals surface area contributed by atoms with Gasteiger partial charge in [0.25, 0.3) is 5.56 Å². The predicted molar refractivity (Wildman–Crippen MR) is 82.8 cm³/mol. The summed E-state index contributed by atoms with van der Waals surface area (Å²) in [5.41, 5.74) is 3.84. The average molecular weight is 283 g/mol. The SMILES string of the molecule is Cc1[nH]nc2c(=O)[nH]c(Cc3ccc(N(C)C)cc3)nc12. The van der Waals surface area contributed by atoms with Crippen LogP contribution in [-0.2, 0) is 6.42 Å². The van der Waals surface area contributed by atoms with Crippen molar-refractivity contribution in [1.29, 1.82) is 0 Å². The number of nitrogens with zero attached hydrogens (tertiary/aromatic N) is 3. The zero-order chi connectivity index (χ0) is 15.0. The first-order valence-electron chi connectivity index (χ1n) is 6.75. The lowest BCUT2D eigenvalue weighted by Crippen LogP contribution is -2.12. The van der Waals surface area contributed by atoms with E-state index in [4.69, 9.17) is 0 Å². The zero-order valence-electron chi connectivity index (χ0n) is 12.3. The molecule has 2 N–H and O–H groups in total. The Morgan fingerprint density at radius 3 is 2.52 bits per heavy atom. The molecule has 2 aromatic heterocycles. The summed E-state index contributed by atoms with van der Waals surface area (Å²) in [7, 11) is 4.01. The minimum atomic E-state index is -0.204. The van der Waals surface area contributed by atoms with Gasteiger partial charge in [0.2, 0.25) is 0 Å². The Hall–Kier alpha value is -2.63. The quantitative estimate of drug-likeness (QED) is 0.765. The zero-order valence-corrected chi connectivity index (χ0v) is 12.3. The Morgan fingerprint density at radius 2 is 1.86 bits per heavy atom. The van der Waals surface area contributed by atoms with Gasteiger partial charge in [-0.2, -0.15) is 5.10 Å². The van der Waals surface area contributed by atoms with Gasteiger partial charge in [0.05, 0.1) is 5.69 Å². The number of nitrogens with one attached hydrogen (secondary N) is 2. The lowest BCUT2D eigenvalue weighted by molar-refractivity contribution is 0.969. The molecule has 3 aromatic rings. The number of aromatic nitrogens is 4. The second-order valence-electron chi connectivity index (χ2n) is 5.30. The third kappa shape index (κ3) is 2.52. The van der Waals surface area contributed by atoms with Crippen molar-refractivity contribution >= 4 is 16.7 Å². The summed E-state index contributed by atoms with van der Waals surface area (Å²) in [5, 5.41) is 6.75. The van der Waals surface area contributed by atoms with Crippen LogP contribution in [0.2, 0.25) is 0 Å². The van der Waals surface area contributed by atoms with Crippen LogP contribution in [-0.4, -0.2) is 34.3 Å². The summed E-state index contributed by atoms with van der Waals surface area (Å²) in [6.45, 7) is 1.86. The number of aromatic amines is 2. The molecule has 0 spiro atoms. The van der Waals surface area contributed by atoms with Gasteiger partial charge in [-0.3, -0.25) is 9.89 Å². The van der Waals surface area contributed by atoms with Gasteiger partial charge in [-0.25, -0.2) is 4.98 Å². The Morgan fingerprint density at radius 1 is 1.14 bits per heavy atom. The van der Waals surface area contributed by atoms with E-state index in [0.717, 1.165) is 16.9 Å². The van der Waals surface area contributed by atoms with Gasteiger partial charge in [0.1, 0.15) is 11.3 Å². The van der Waals surface area contributed by atoms with E-state index in [1.54, 1.807) is 0 Å². The van der Waals surface area contributed by atoms with Gasteiger partial charge >= 0.3 is 0 Å². The van der Waals surface area contributed by atoms with Gasteiger partial charge in [-0.05, 0) is 24.6 Å². The minimum absolute atomic E-state index is 0.204. The fourth-order valence-corrected chi connectivity index (χ4v) is 2.26. The summed E-state index contributed by atoms with van der Waals surface area (Å²) in [5.74, 6) is 0.648. The maximum atomic E-state index is 12.0. The van der Waals surface area contributed by atoms with Crippen LogP contribution in [0.1, 0.15) is 17.1 Å². The van der Waals surface area contributed by atoms with E-state index in [9.17, 15) is 4.79 Å². The van der Waals surface area contributed by atoms with Crippen LogP contribution in [0, 0.1) is 6.92 Å². The highest BCUT2D eigenvalue weighted by Crippen LogP contribution is 2.15. The third-order valence-electron chi connectivity index (χ3n) is 3.46. The fraction of sp³-hybridized carbons (Fsp3) is 0.267. The normalized spacial score (nSPS) is 11.0. The number of H-pyrrole nitrogens is 2. The Balaban J connectivity index is 1.94. The highest BCUT2D eigenvalue weighted by atomic mass is 16.1. The van der Waals surface area contributed by atoms with Crippen LogP contribution >= 0.6 is 0 Å². The number of hydrogen-bond donors (Lipinski definition) is 2. The summed E-state index contributed by atoms with van der Waals surface area (Å²) in [6.07, 6.45) is 0.587. The lowest BCUT2D eigenvalue weighted by Gasteiger charge is -2.12. The van der Waals surface area contributed by atoms with Crippen molar-refractivity contribution in [3.05, 3.63) is 51.7 Å². The molecule has 6 nitrogen and oxygen atoms in total. The van der Waals surface area contributed by atoms with Crippen LogP contribution < -0.4 is 10.5 Å². The van der Waals surface area contributed by atoms with Gasteiger partial charge in [0.15, 0.2) is 5.52 Å². The summed E-state index contributed by atoms with van der Waals surface area (Å²) < 4.78 is 0. The summed E-state index contributed by atoms with van der Waals surface area (Å²) in [4.78, 5) is 21.3. The summed E-state index contributed by atoms with van der Waals surface area (Å²) >= 11 is 0. The number of fused-ring (bicyclic) bond motifs is 1. The topological polar surface area (TPSA) is 77.7 Å². The Bertz CT molecular complexity index is 829. The van der Waals surface area contributed by atoms with Crippen molar-refractivity contribution in [2.24, 2.45) is 0 Å². The van der Waals surface area contributed by atoms with E-state index in [-0.39, 0.29) is 5.56 Å². The first-order chi connectivity index (χ1) is 10.0. The molecule has 0 saturated carbocycles. The molecule has 0 saturated heterocycles. The van der Waals surface area contributed by atoms with E-state index in [2.05, 4.69) is 32.3 Å². The molecule has 0 amide bonds. The second kappa shape index (κ2) is 5.05. The van der Waals surface area contributed by atoms with Crippen molar-refractivity contribution in [1.82, 2.24) is 20.2 Å². The summed E-state index contributed by atoms with van der Waals surface area (Å²) in [6, 6.07) is 8.19. The van der Waals surface area contributed by atoms with Gasteiger partial charge in [-0.15, -0.1) is 0 Å². The molecule has 3 rings (SSSR count). The molecule has 0 radical (unpaired) electrons. The molecule has 108 valence electrons. The van der Waals surface area contributed by atoms with Gasteiger partial charge in [0, 0.05) is 26.2 Å². The van der Waals surface area contributed by atoms with Gasteiger partial charge < -0.3 is 9.88 Å². The molecule has 0 bridgehead atoms. The third-order valence-corrected chi connectivity index (χ3v) is 3.46. The first kappa shape index (κ1) is 13.4. The van der Waals surface area contributed by atoms with Crippen molar-refractivity contribution in [3.63, 3.8) is 0 Å². The Kier molecular flexibility index (Phi) is 3.21. The number of rotatable bonds is 3. The van der Waals surface area contributed by atoms with Crippen LogP contribution in [0.25, 0.3) is 11.0 Å². The van der Waals surface area contributed by atoms with Crippen LogP contribution in [0.5, 0.6) is 0 Å². The molecule has 21 heavy (non-hydrogen) atoms. The minimum Gasteiger partial charge on any atom is -0.378 e. The van der Waals surface area contributed by atoms with Crippen molar-refractivity contribution in [3.8, 4) is 0 Å². The van der Waals surface area contributed by atoms with Crippen LogP contribution in [0.3, 0.4) is 0 Å². The van der Waals surface area contributed by atoms with E-state index < -0.39 is 0 Å². The molecule has 6 heteroatoms. The highest BCUT2D eigenvalue weighted by Gasteiger charge is 2.09. The average Bonchev–Trinajstić information content (AvgIpc) is 2.82. The first-order valence-corrected chi connectivity index (χ1v) is 6.75. The molecule has 2 heterocycles. The number of benzene rings is 1. The molecule has 0 atom stereocenters. The fourth-order valence-electron chi connectivity index (χ4n) is 2.26. The monoisotopic (exact) mass is 283 g/mol. The number of anilines is 1. The van der Waals surface area contributed by atoms with E-state index in [1.807, 2.05) is 38.1 Å². The Labute approximate surface area is 121 Å². The predicted octanol–water partition coefficient (Wildman–Crippen LogP) is 1.61. The maximum Gasteiger partial charge on any atom is 0.279 e. The van der Waals surface area contributed by atoms with E-state index >= 15 is 0 Å². The number of aryl methyl sites for hydroxylation is 1. The number of hydrogen-bond acceptors (Lipinski definition) is 4. The molecular formula is C15H17N5O. The van der Waals surface area contributed by atoms with Gasteiger partial charge in [-0.1, -0.05) is 12.1 Å². The van der Waals surface area contributed by atoms with Crippen LogP contribution in [0.4, 0.5) is 5.69 Å². The smallest absolute Gasteiger partial charge is 0.279 e. The molecule has 0 aliphatic heterocycles. The molecule has 0 fully saturated rings. The molecule has 0 aliphatic carbocycles. The lowest BCUT2D eigenvalue weighted by atomic mass is 10.1. The van der Waals surface area contributed by atoms with Crippen molar-refractivity contribution in [2.75, 3.05) is 19.0 Å². The van der Waals surface area contributed by atoms with E-state index in [1.165, 1.54) is 0 Å². The van der Waals surface area contributed by atoms with E-state index in [0.29, 0.717) is 23.3 Å². The van der Waals surface area contributed by atoms with Crippen molar-refractivity contribution < 1.29 is 0 Å². The molecule has 1 aromatic carbocycles. The molecular weight excluding hydrogens is 266 g/mol. The largest absolute Gasteiger partial charge is 0.378 e. The standard InChI is InChI=1S/C15H17N5O/c1-9-13-14(19-18-9)15(21)17-12(16-13)8-10-4-6-11(7-5-10)20(2)3/h4-7H,8H2,1-3H3,(H,18,19)(H,16,17,21). The molecule has 0 unspecified atom stereocenters. The second-order valence-corrected chi connectivity index (χ2v) is 5.30. The maximum absolute atomic E-state index is 12.0.